The van der Waals surface area contributed by atoms with Gasteiger partial charge >= 0.3 is 0 Å². The van der Waals surface area contributed by atoms with Crippen molar-refractivity contribution in [2.75, 3.05) is 6.54 Å². The predicted molar refractivity (Wildman–Crippen MR) is 101 cm³/mol. The molecule has 0 aliphatic rings. The number of para-hydroxylation sites is 1. The average molecular weight is 388 g/mol. The Morgan fingerprint density at radius 1 is 1.22 bits per heavy atom. The molecule has 0 bridgehead atoms. The molecule has 0 aliphatic carbocycles. The molecule has 0 radical (unpaired) electrons. The molecule has 0 spiro atoms. The number of rotatable bonds is 7. The molecule has 1 aromatic heterocycles. The van der Waals surface area contributed by atoms with E-state index in [2.05, 4.69) is 10.3 Å². The van der Waals surface area contributed by atoms with Crippen molar-refractivity contribution in [3.05, 3.63) is 70.7 Å². The van der Waals surface area contributed by atoms with Gasteiger partial charge in [0.25, 0.3) is 5.91 Å². The number of carbonyl (C=O) groups is 1. The van der Waals surface area contributed by atoms with E-state index in [1.165, 1.54) is 23.5 Å². The highest BCUT2D eigenvalue weighted by atomic mass is 32.1. The van der Waals surface area contributed by atoms with Crippen molar-refractivity contribution in [2.45, 2.75) is 20.0 Å². The SMILES string of the molecule is CCCNC(=O)c1csc(-c2ccccc2OCc2ccc(F)cc2F)n1. The number of hydrogen-bond acceptors (Lipinski definition) is 4. The molecule has 0 saturated heterocycles. The summed E-state index contributed by atoms with van der Waals surface area (Å²) in [5.41, 5.74) is 1.31. The third kappa shape index (κ3) is 4.68. The highest BCUT2D eigenvalue weighted by Crippen LogP contribution is 2.32. The molecule has 4 nitrogen and oxygen atoms in total. The quantitative estimate of drug-likeness (QED) is 0.632. The van der Waals surface area contributed by atoms with Crippen LogP contribution in [0.1, 0.15) is 29.4 Å². The van der Waals surface area contributed by atoms with Crippen molar-refractivity contribution in [3.8, 4) is 16.3 Å². The Morgan fingerprint density at radius 3 is 2.81 bits per heavy atom. The number of carbonyl (C=O) groups excluding carboxylic acids is 1. The standard InChI is InChI=1S/C20H18F2N2O2S/c1-2-9-23-19(25)17-12-27-20(24-17)15-5-3-4-6-18(15)26-11-13-7-8-14(21)10-16(13)22/h3-8,10,12H,2,9,11H2,1H3,(H,23,25). The smallest absolute Gasteiger partial charge is 0.270 e. The Hall–Kier alpha value is -2.80. The lowest BCUT2D eigenvalue weighted by atomic mass is 10.2. The summed E-state index contributed by atoms with van der Waals surface area (Å²) in [4.78, 5) is 16.4. The Labute approximate surface area is 159 Å². The summed E-state index contributed by atoms with van der Waals surface area (Å²) in [5, 5.41) is 5.11. The number of thiazole rings is 1. The van der Waals surface area contributed by atoms with Gasteiger partial charge < -0.3 is 10.1 Å². The second-order valence-electron chi connectivity index (χ2n) is 5.81. The van der Waals surface area contributed by atoms with E-state index < -0.39 is 11.6 Å². The van der Waals surface area contributed by atoms with Crippen molar-refractivity contribution in [2.24, 2.45) is 0 Å². The molecule has 27 heavy (non-hydrogen) atoms. The van der Waals surface area contributed by atoms with Crippen LogP contribution in [0.25, 0.3) is 10.6 Å². The number of halogens is 2. The number of nitrogens with zero attached hydrogens (tertiary/aromatic N) is 1. The lowest BCUT2D eigenvalue weighted by Crippen LogP contribution is -2.24. The molecule has 3 aromatic rings. The molecule has 0 aliphatic heterocycles. The fraction of sp³-hybridized carbons (Fsp3) is 0.200. The summed E-state index contributed by atoms with van der Waals surface area (Å²) in [7, 11) is 0. The second kappa shape index (κ2) is 8.73. The zero-order valence-electron chi connectivity index (χ0n) is 14.7. The first-order valence-electron chi connectivity index (χ1n) is 8.48. The van der Waals surface area contributed by atoms with Gasteiger partial charge in [0.15, 0.2) is 0 Å². The van der Waals surface area contributed by atoms with Crippen molar-refractivity contribution in [1.82, 2.24) is 10.3 Å². The van der Waals surface area contributed by atoms with Crippen LogP contribution in [0.3, 0.4) is 0 Å². The summed E-state index contributed by atoms with van der Waals surface area (Å²) in [6.07, 6.45) is 0.847. The Kier molecular flexibility index (Phi) is 6.13. The maximum absolute atomic E-state index is 13.8. The molecular formula is C20H18F2N2O2S. The van der Waals surface area contributed by atoms with Crippen molar-refractivity contribution >= 4 is 17.2 Å². The van der Waals surface area contributed by atoms with Crippen molar-refractivity contribution in [1.29, 1.82) is 0 Å². The van der Waals surface area contributed by atoms with Gasteiger partial charge in [-0.1, -0.05) is 19.1 Å². The largest absolute Gasteiger partial charge is 0.488 e. The first-order chi connectivity index (χ1) is 13.1. The molecule has 1 N–H and O–H groups in total. The molecule has 1 heterocycles. The minimum atomic E-state index is -0.656. The normalized spacial score (nSPS) is 10.6. The highest BCUT2D eigenvalue weighted by molar-refractivity contribution is 7.13. The van der Waals surface area contributed by atoms with Crippen molar-refractivity contribution in [3.63, 3.8) is 0 Å². The molecule has 2 aromatic carbocycles. The van der Waals surface area contributed by atoms with Crippen LogP contribution in [0.5, 0.6) is 5.75 Å². The van der Waals surface area contributed by atoms with Crippen LogP contribution in [0.4, 0.5) is 8.78 Å². The lowest BCUT2D eigenvalue weighted by molar-refractivity contribution is 0.0949. The van der Waals surface area contributed by atoms with Gasteiger partial charge in [-0.3, -0.25) is 4.79 Å². The van der Waals surface area contributed by atoms with E-state index in [1.54, 1.807) is 17.5 Å². The van der Waals surface area contributed by atoms with E-state index >= 15 is 0 Å². The van der Waals surface area contributed by atoms with Crippen LogP contribution in [-0.4, -0.2) is 17.4 Å². The van der Waals surface area contributed by atoms with E-state index in [9.17, 15) is 13.6 Å². The third-order valence-electron chi connectivity index (χ3n) is 3.79. The van der Waals surface area contributed by atoms with Crippen LogP contribution >= 0.6 is 11.3 Å². The predicted octanol–water partition coefficient (Wildman–Crippen LogP) is 4.81. The Morgan fingerprint density at radius 2 is 2.04 bits per heavy atom. The van der Waals surface area contributed by atoms with Gasteiger partial charge in [-0.25, -0.2) is 13.8 Å². The monoisotopic (exact) mass is 388 g/mol. The number of nitrogens with one attached hydrogen (secondary N) is 1. The topological polar surface area (TPSA) is 51.2 Å². The van der Waals surface area contributed by atoms with E-state index in [0.29, 0.717) is 28.6 Å². The summed E-state index contributed by atoms with van der Waals surface area (Å²) < 4.78 is 32.6. The Balaban J connectivity index is 1.78. The molecule has 1 amide bonds. The molecule has 0 saturated carbocycles. The van der Waals surface area contributed by atoms with Gasteiger partial charge in [0.2, 0.25) is 0 Å². The van der Waals surface area contributed by atoms with Crippen molar-refractivity contribution < 1.29 is 18.3 Å². The summed E-state index contributed by atoms with van der Waals surface area (Å²) in [6, 6.07) is 10.6. The zero-order chi connectivity index (χ0) is 19.2. The number of amides is 1. The van der Waals surface area contributed by atoms with Gasteiger partial charge in [0.1, 0.15) is 34.7 Å². The number of hydrogen-bond donors (Lipinski definition) is 1. The van der Waals surface area contributed by atoms with Crippen LogP contribution in [0, 0.1) is 11.6 Å². The van der Waals surface area contributed by atoms with Gasteiger partial charge in [0.05, 0.1) is 5.56 Å². The number of aromatic nitrogens is 1. The highest BCUT2D eigenvalue weighted by Gasteiger charge is 2.15. The van der Waals surface area contributed by atoms with Gasteiger partial charge in [0, 0.05) is 23.6 Å². The lowest BCUT2D eigenvalue weighted by Gasteiger charge is -2.10. The maximum Gasteiger partial charge on any atom is 0.270 e. The summed E-state index contributed by atoms with van der Waals surface area (Å²) >= 11 is 1.33. The minimum absolute atomic E-state index is 0.0433. The van der Waals surface area contributed by atoms with E-state index in [-0.39, 0.29) is 18.1 Å². The molecule has 0 atom stereocenters. The van der Waals surface area contributed by atoms with E-state index in [0.717, 1.165) is 12.5 Å². The second-order valence-corrected chi connectivity index (χ2v) is 6.67. The summed E-state index contributed by atoms with van der Waals surface area (Å²) in [6.45, 7) is 2.53. The fourth-order valence-electron chi connectivity index (χ4n) is 2.39. The number of benzene rings is 2. The summed E-state index contributed by atoms with van der Waals surface area (Å²) in [5.74, 6) is -0.993. The molecule has 0 unspecified atom stereocenters. The van der Waals surface area contributed by atoms with Crippen LogP contribution < -0.4 is 10.1 Å². The molecule has 7 heteroatoms. The Bertz CT molecular complexity index is 943. The zero-order valence-corrected chi connectivity index (χ0v) is 15.5. The third-order valence-corrected chi connectivity index (χ3v) is 4.66. The maximum atomic E-state index is 13.8. The first-order valence-corrected chi connectivity index (χ1v) is 9.36. The fourth-order valence-corrected chi connectivity index (χ4v) is 3.22. The van der Waals surface area contributed by atoms with Gasteiger partial charge in [-0.2, -0.15) is 0 Å². The molecular weight excluding hydrogens is 370 g/mol. The van der Waals surface area contributed by atoms with Crippen LogP contribution in [0.15, 0.2) is 47.8 Å². The van der Waals surface area contributed by atoms with E-state index in [4.69, 9.17) is 4.74 Å². The first kappa shape index (κ1) is 19.0. The molecule has 140 valence electrons. The number of ether oxygens (including phenoxy) is 1. The average Bonchev–Trinajstić information content (AvgIpc) is 3.16. The molecule has 0 fully saturated rings. The van der Waals surface area contributed by atoms with E-state index in [1.807, 2.05) is 19.1 Å². The van der Waals surface area contributed by atoms with Crippen LogP contribution in [0.2, 0.25) is 0 Å². The van der Waals surface area contributed by atoms with Gasteiger partial charge in [-0.05, 0) is 30.7 Å². The van der Waals surface area contributed by atoms with Crippen LogP contribution in [-0.2, 0) is 6.61 Å². The molecule has 3 rings (SSSR count). The minimum Gasteiger partial charge on any atom is -0.488 e. The van der Waals surface area contributed by atoms with Gasteiger partial charge in [-0.15, -0.1) is 11.3 Å².